The number of hydrogen-bond acceptors (Lipinski definition) is 6. The second kappa shape index (κ2) is 8.87. The molecule has 1 atom stereocenters. The van der Waals surface area contributed by atoms with E-state index >= 15 is 0 Å². The highest BCUT2D eigenvalue weighted by Gasteiger charge is 2.29. The van der Waals surface area contributed by atoms with Gasteiger partial charge in [0.15, 0.2) is 0 Å². The zero-order valence-electron chi connectivity index (χ0n) is 17.9. The van der Waals surface area contributed by atoms with E-state index in [1.54, 1.807) is 6.92 Å². The Morgan fingerprint density at radius 3 is 2.43 bits per heavy atom. The van der Waals surface area contributed by atoms with Crippen molar-refractivity contribution in [3.63, 3.8) is 0 Å². The number of rotatable bonds is 6. The molecule has 0 aliphatic carbocycles. The molecule has 0 radical (unpaired) electrons. The summed E-state index contributed by atoms with van der Waals surface area (Å²) in [4.78, 5) is 38.6. The number of hydrogen-bond donors (Lipinski definition) is 3. The number of ether oxygens (including phenoxy) is 1. The van der Waals surface area contributed by atoms with Crippen LogP contribution >= 0.6 is 11.3 Å². The third-order valence-electron chi connectivity index (χ3n) is 5.22. The summed E-state index contributed by atoms with van der Waals surface area (Å²) in [6.07, 6.45) is 0.605. The Morgan fingerprint density at radius 2 is 1.80 bits per heavy atom. The van der Waals surface area contributed by atoms with E-state index in [0.29, 0.717) is 22.7 Å². The molecule has 0 fully saturated rings. The maximum Gasteiger partial charge on any atom is 0.341 e. The molecular formula is C22H27N3O4S. The second-order valence-electron chi connectivity index (χ2n) is 7.34. The second-order valence-corrected chi connectivity index (χ2v) is 8.56. The number of esters is 1. The fourth-order valence-corrected chi connectivity index (χ4v) is 4.68. The average Bonchev–Trinajstić information content (AvgIpc) is 2.99. The maximum atomic E-state index is 12.7. The minimum absolute atomic E-state index is 0.0567. The topological polar surface area (TPSA) is 96.5 Å². The molecule has 8 heteroatoms. The van der Waals surface area contributed by atoms with Crippen LogP contribution in [0.5, 0.6) is 0 Å². The number of amides is 2. The molecule has 3 rings (SSSR count). The van der Waals surface area contributed by atoms with Gasteiger partial charge in [-0.15, -0.1) is 11.3 Å². The molecular weight excluding hydrogens is 402 g/mol. The molecule has 0 spiro atoms. The van der Waals surface area contributed by atoms with Gasteiger partial charge < -0.3 is 20.7 Å². The molecule has 0 saturated carbocycles. The monoisotopic (exact) mass is 429 g/mol. The molecule has 3 N–H and O–H groups in total. The first-order valence-electron chi connectivity index (χ1n) is 10.0. The van der Waals surface area contributed by atoms with Gasteiger partial charge in [-0.2, -0.15) is 0 Å². The van der Waals surface area contributed by atoms with Gasteiger partial charge in [0.1, 0.15) is 11.0 Å². The lowest BCUT2D eigenvalue weighted by Crippen LogP contribution is -2.41. The van der Waals surface area contributed by atoms with Crippen molar-refractivity contribution < 1.29 is 19.1 Å². The summed E-state index contributed by atoms with van der Waals surface area (Å²) >= 11 is 1.35. The number of anilines is 3. The van der Waals surface area contributed by atoms with E-state index in [0.717, 1.165) is 27.3 Å². The molecule has 7 nitrogen and oxygen atoms in total. The van der Waals surface area contributed by atoms with Crippen LogP contribution in [-0.4, -0.2) is 30.4 Å². The van der Waals surface area contributed by atoms with Gasteiger partial charge >= 0.3 is 5.97 Å². The van der Waals surface area contributed by atoms with Gasteiger partial charge in [0.25, 0.3) is 0 Å². The highest BCUT2D eigenvalue weighted by Crippen LogP contribution is 2.35. The van der Waals surface area contributed by atoms with Gasteiger partial charge in [0.05, 0.1) is 30.0 Å². The molecule has 2 heterocycles. The first-order valence-corrected chi connectivity index (χ1v) is 10.8. The van der Waals surface area contributed by atoms with E-state index in [-0.39, 0.29) is 24.8 Å². The van der Waals surface area contributed by atoms with E-state index in [1.807, 2.05) is 39.8 Å². The molecule has 0 unspecified atom stereocenters. The van der Waals surface area contributed by atoms with Crippen LogP contribution in [0.1, 0.15) is 52.2 Å². The van der Waals surface area contributed by atoms with E-state index in [9.17, 15) is 14.4 Å². The molecule has 0 bridgehead atoms. The van der Waals surface area contributed by atoms with Gasteiger partial charge in [-0.05, 0) is 62.9 Å². The first-order chi connectivity index (χ1) is 14.2. The molecule has 160 valence electrons. The van der Waals surface area contributed by atoms with Crippen LogP contribution in [0.3, 0.4) is 0 Å². The number of fused-ring (bicyclic) bond motifs is 1. The van der Waals surface area contributed by atoms with Gasteiger partial charge in [-0.25, -0.2) is 4.79 Å². The van der Waals surface area contributed by atoms with E-state index in [4.69, 9.17) is 4.74 Å². The van der Waals surface area contributed by atoms with Crippen LogP contribution in [0, 0.1) is 20.8 Å². The lowest BCUT2D eigenvalue weighted by molar-refractivity contribution is -0.122. The lowest BCUT2D eigenvalue weighted by atomic mass is 10.0. The Labute approximate surface area is 180 Å². The van der Waals surface area contributed by atoms with Crippen LogP contribution in [0.4, 0.5) is 16.4 Å². The summed E-state index contributed by atoms with van der Waals surface area (Å²) in [5.74, 6) is -1.05. The molecule has 2 amide bonds. The standard InChI is InChI=1S/C22H27N3O4S/c1-6-14-13(5)30-21(19(14)22(28)29-7-2)25-18(26)10-17-20(27)24-16-9-12(4)11(3)8-15(16)23-17/h8-9,17,23H,6-7,10H2,1-5H3,(H,24,27)(H,25,26)/t17-/m1/s1. The normalized spacial score (nSPS) is 15.1. The van der Waals surface area contributed by atoms with Crippen molar-refractivity contribution in [2.45, 2.75) is 53.5 Å². The fraction of sp³-hybridized carbons (Fsp3) is 0.409. The van der Waals surface area contributed by atoms with Crippen LogP contribution in [-0.2, 0) is 20.7 Å². The maximum absolute atomic E-state index is 12.7. The van der Waals surface area contributed by atoms with Crippen molar-refractivity contribution in [2.24, 2.45) is 0 Å². The Kier molecular flexibility index (Phi) is 6.45. The highest BCUT2D eigenvalue weighted by molar-refractivity contribution is 7.16. The van der Waals surface area contributed by atoms with Gasteiger partial charge in [0, 0.05) is 4.88 Å². The lowest BCUT2D eigenvalue weighted by Gasteiger charge is -2.27. The molecule has 1 aromatic carbocycles. The summed E-state index contributed by atoms with van der Waals surface area (Å²) in [5.41, 5.74) is 4.97. The SMILES string of the molecule is CCOC(=O)c1c(NC(=O)C[C@H]2Nc3cc(C)c(C)cc3NC2=O)sc(C)c1CC. The molecule has 1 aliphatic heterocycles. The number of nitrogens with one attached hydrogen (secondary N) is 3. The minimum Gasteiger partial charge on any atom is -0.462 e. The molecule has 0 saturated heterocycles. The fourth-order valence-electron chi connectivity index (χ4n) is 3.53. The minimum atomic E-state index is -0.697. The van der Waals surface area contributed by atoms with Crippen molar-refractivity contribution in [3.05, 3.63) is 39.3 Å². The highest BCUT2D eigenvalue weighted by atomic mass is 32.1. The molecule has 1 aromatic heterocycles. The third-order valence-corrected chi connectivity index (χ3v) is 6.29. The Hall–Kier alpha value is -2.87. The summed E-state index contributed by atoms with van der Waals surface area (Å²) < 4.78 is 5.17. The van der Waals surface area contributed by atoms with Crippen LogP contribution < -0.4 is 16.0 Å². The van der Waals surface area contributed by atoms with Gasteiger partial charge in [-0.3, -0.25) is 9.59 Å². The van der Waals surface area contributed by atoms with Crippen molar-refractivity contribution in [1.82, 2.24) is 0 Å². The van der Waals surface area contributed by atoms with E-state index in [1.165, 1.54) is 11.3 Å². The smallest absolute Gasteiger partial charge is 0.341 e. The summed E-state index contributed by atoms with van der Waals surface area (Å²) in [6.45, 7) is 9.86. The predicted molar refractivity (Wildman–Crippen MR) is 120 cm³/mol. The van der Waals surface area contributed by atoms with Gasteiger partial charge in [-0.1, -0.05) is 6.92 Å². The van der Waals surface area contributed by atoms with Crippen molar-refractivity contribution in [3.8, 4) is 0 Å². The van der Waals surface area contributed by atoms with E-state index in [2.05, 4.69) is 16.0 Å². The summed E-state index contributed by atoms with van der Waals surface area (Å²) in [6, 6.07) is 3.18. The third kappa shape index (κ3) is 4.33. The Balaban J connectivity index is 1.77. The van der Waals surface area contributed by atoms with Crippen molar-refractivity contribution in [1.29, 1.82) is 0 Å². The molecule has 30 heavy (non-hydrogen) atoms. The summed E-state index contributed by atoms with van der Waals surface area (Å²) in [7, 11) is 0. The average molecular weight is 430 g/mol. The van der Waals surface area contributed by atoms with E-state index < -0.39 is 12.0 Å². The summed E-state index contributed by atoms with van der Waals surface area (Å²) in [5, 5.41) is 9.30. The van der Waals surface area contributed by atoms with Crippen LogP contribution in [0.25, 0.3) is 0 Å². The first kappa shape index (κ1) is 21.8. The quantitative estimate of drug-likeness (QED) is 0.599. The molecule has 1 aliphatic rings. The predicted octanol–water partition coefficient (Wildman–Crippen LogP) is 4.17. The van der Waals surface area contributed by atoms with Crippen molar-refractivity contribution in [2.75, 3.05) is 22.6 Å². The number of thiophene rings is 1. The number of aryl methyl sites for hydroxylation is 3. The van der Waals surface area contributed by atoms with Crippen molar-refractivity contribution >= 4 is 45.5 Å². The number of carbonyl (C=O) groups excluding carboxylic acids is 3. The number of carbonyl (C=O) groups is 3. The van der Waals surface area contributed by atoms with Crippen LogP contribution in [0.15, 0.2) is 12.1 Å². The Morgan fingerprint density at radius 1 is 1.13 bits per heavy atom. The number of benzene rings is 1. The zero-order chi connectivity index (χ0) is 22.0. The Bertz CT molecular complexity index is 1010. The van der Waals surface area contributed by atoms with Gasteiger partial charge in [0.2, 0.25) is 11.8 Å². The molecule has 2 aromatic rings. The van der Waals surface area contributed by atoms with Crippen LogP contribution in [0.2, 0.25) is 0 Å². The zero-order valence-corrected chi connectivity index (χ0v) is 18.7. The largest absolute Gasteiger partial charge is 0.462 e.